The molecule has 0 saturated heterocycles. The lowest BCUT2D eigenvalue weighted by Crippen LogP contribution is -2.45. The number of phosphoric ester groups is 2. The van der Waals surface area contributed by atoms with E-state index in [1.54, 1.807) is 0 Å². The van der Waals surface area contributed by atoms with Crippen LogP contribution in [0.4, 0.5) is 0 Å². The van der Waals surface area contributed by atoms with Crippen molar-refractivity contribution in [2.45, 2.75) is 0 Å². The minimum absolute atomic E-state index is 0.0323. The van der Waals surface area contributed by atoms with Gasteiger partial charge < -0.3 is 34.3 Å². The lowest BCUT2D eigenvalue weighted by atomic mass is 10.3. The highest BCUT2D eigenvalue weighted by molar-refractivity contribution is 7.46. The van der Waals surface area contributed by atoms with E-state index in [4.69, 9.17) is 19.6 Å². The minimum Gasteiger partial charge on any atom is -0.336 e. The van der Waals surface area contributed by atoms with Gasteiger partial charge >= 0.3 is 15.6 Å². The third-order valence-electron chi connectivity index (χ3n) is 3.98. The largest absolute Gasteiger partial charge is 0.469 e. The molecule has 0 bridgehead atoms. The van der Waals surface area contributed by atoms with E-state index < -0.39 is 46.6 Å². The van der Waals surface area contributed by atoms with Crippen LogP contribution in [0.5, 0.6) is 0 Å². The molecule has 0 heterocycles. The zero-order valence-corrected chi connectivity index (χ0v) is 19.7. The molecule has 0 saturated carbocycles. The van der Waals surface area contributed by atoms with E-state index in [1.807, 2.05) is 0 Å². The first-order valence-corrected chi connectivity index (χ1v) is 12.4. The van der Waals surface area contributed by atoms with E-state index in [-0.39, 0.29) is 39.3 Å². The van der Waals surface area contributed by atoms with Crippen LogP contribution in [-0.4, -0.2) is 104 Å². The summed E-state index contributed by atoms with van der Waals surface area (Å²) in [6.45, 7) is 8.63. The van der Waals surface area contributed by atoms with Crippen LogP contribution in [0.15, 0.2) is 38.0 Å². The third kappa shape index (κ3) is 14.6. The van der Waals surface area contributed by atoms with Crippen LogP contribution in [-0.2, 0) is 32.6 Å². The van der Waals surface area contributed by atoms with Crippen molar-refractivity contribution in [2.75, 3.05) is 52.5 Å². The summed E-state index contributed by atoms with van der Waals surface area (Å²) < 4.78 is 30.3. The van der Waals surface area contributed by atoms with Crippen LogP contribution in [0.2, 0.25) is 0 Å². The molecule has 0 aromatic carbocycles. The molecule has 0 unspecified atom stereocenters. The van der Waals surface area contributed by atoms with Gasteiger partial charge in [0.2, 0.25) is 17.7 Å². The average Bonchev–Trinajstić information content (AvgIpc) is 2.73. The number of amides is 3. The van der Waals surface area contributed by atoms with Crippen molar-refractivity contribution in [3.63, 3.8) is 0 Å². The van der Waals surface area contributed by atoms with Crippen LogP contribution in [0.3, 0.4) is 0 Å². The van der Waals surface area contributed by atoms with Crippen molar-refractivity contribution in [3.8, 4) is 0 Å². The molecule has 0 rings (SSSR count). The number of rotatable bonds is 17. The summed E-state index contributed by atoms with van der Waals surface area (Å²) in [4.78, 5) is 74.8. The predicted octanol–water partition coefficient (Wildman–Crippen LogP) is -0.751. The van der Waals surface area contributed by atoms with E-state index in [9.17, 15) is 23.5 Å². The molecule has 0 aliphatic heterocycles. The first kappa shape index (κ1) is 30.9. The molecule has 16 heteroatoms. The topological polar surface area (TPSA) is 194 Å². The minimum atomic E-state index is -4.72. The Balaban J connectivity index is 5.13. The van der Waals surface area contributed by atoms with E-state index in [2.05, 4.69) is 28.8 Å². The van der Waals surface area contributed by atoms with Crippen molar-refractivity contribution >= 4 is 33.4 Å². The molecule has 0 spiro atoms. The van der Waals surface area contributed by atoms with Crippen LogP contribution in [0, 0.1) is 0 Å². The summed E-state index contributed by atoms with van der Waals surface area (Å²) in [5.41, 5.74) is 0. The Kier molecular flexibility index (Phi) is 13.9. The van der Waals surface area contributed by atoms with Crippen LogP contribution < -0.4 is 0 Å². The third-order valence-corrected chi connectivity index (χ3v) is 5.02. The molecule has 188 valence electrons. The summed E-state index contributed by atoms with van der Waals surface area (Å²) in [5.74, 6) is -1.65. The zero-order chi connectivity index (χ0) is 25.7. The SMILES string of the molecule is C=CC(=O)N(CCOP(=O)(O)O)CCN(CCN(CCOP(=O)(O)O)C(=O)C=C)C(=O)C=C. The molecule has 0 aliphatic carbocycles. The van der Waals surface area contributed by atoms with Gasteiger partial charge in [0.05, 0.1) is 13.2 Å². The number of carbonyl (C=O) groups excluding carboxylic acids is 3. The molecule has 14 nitrogen and oxygen atoms in total. The van der Waals surface area contributed by atoms with Gasteiger partial charge in [-0.1, -0.05) is 19.7 Å². The molecule has 0 aromatic rings. The number of carbonyl (C=O) groups is 3. The fraction of sp³-hybridized carbons (Fsp3) is 0.471. The normalized spacial score (nSPS) is 11.4. The summed E-state index contributed by atoms with van der Waals surface area (Å²) >= 11 is 0. The number of hydrogen-bond acceptors (Lipinski definition) is 7. The average molecular weight is 513 g/mol. The highest BCUT2D eigenvalue weighted by Crippen LogP contribution is 2.35. The van der Waals surface area contributed by atoms with Gasteiger partial charge in [0.1, 0.15) is 0 Å². The molecule has 0 atom stereocenters. The Morgan fingerprint density at radius 3 is 1.06 bits per heavy atom. The Hall–Kier alpha value is -2.15. The summed E-state index contributed by atoms with van der Waals surface area (Å²) in [6, 6.07) is 0. The standard InChI is InChI=1S/C17H29N3O11P2/c1-4-15(21)18(7-9-19(16(22)5-2)11-13-30-32(24,25)26)8-10-20(17(23)6-3)12-14-31-33(27,28)29/h4-6H,1-3,7-14H2,(H2,24,25,26)(H2,27,28,29). The van der Waals surface area contributed by atoms with E-state index in [0.717, 1.165) is 28.0 Å². The molecule has 0 aliphatic rings. The van der Waals surface area contributed by atoms with Crippen LogP contribution in [0.25, 0.3) is 0 Å². The number of hydrogen-bond donors (Lipinski definition) is 4. The highest BCUT2D eigenvalue weighted by Gasteiger charge is 2.20. The van der Waals surface area contributed by atoms with Crippen LogP contribution >= 0.6 is 15.6 Å². The van der Waals surface area contributed by atoms with Crippen molar-refractivity contribution < 1.29 is 52.1 Å². The van der Waals surface area contributed by atoms with Gasteiger partial charge in [0, 0.05) is 39.3 Å². The Morgan fingerprint density at radius 2 is 0.848 bits per heavy atom. The lowest BCUT2D eigenvalue weighted by Gasteiger charge is -2.29. The second kappa shape index (κ2) is 14.9. The monoisotopic (exact) mass is 513 g/mol. The van der Waals surface area contributed by atoms with Crippen molar-refractivity contribution in [1.29, 1.82) is 0 Å². The van der Waals surface area contributed by atoms with Crippen molar-refractivity contribution in [1.82, 2.24) is 14.7 Å². The van der Waals surface area contributed by atoms with Gasteiger partial charge in [-0.15, -0.1) is 0 Å². The molecule has 33 heavy (non-hydrogen) atoms. The van der Waals surface area contributed by atoms with Crippen molar-refractivity contribution in [3.05, 3.63) is 38.0 Å². The van der Waals surface area contributed by atoms with E-state index in [0.29, 0.717) is 0 Å². The highest BCUT2D eigenvalue weighted by atomic mass is 31.2. The number of phosphoric acid groups is 2. The first-order chi connectivity index (χ1) is 15.2. The van der Waals surface area contributed by atoms with Crippen molar-refractivity contribution in [2.24, 2.45) is 0 Å². The second-order valence-corrected chi connectivity index (χ2v) is 8.71. The fourth-order valence-corrected chi connectivity index (χ4v) is 3.05. The summed E-state index contributed by atoms with van der Waals surface area (Å²) in [6.07, 6.45) is 3.00. The Morgan fingerprint density at radius 1 is 0.606 bits per heavy atom. The van der Waals surface area contributed by atoms with Gasteiger partial charge in [-0.05, 0) is 18.2 Å². The van der Waals surface area contributed by atoms with Gasteiger partial charge in [-0.25, -0.2) is 9.13 Å². The molecular weight excluding hydrogens is 484 g/mol. The predicted molar refractivity (Wildman–Crippen MR) is 116 cm³/mol. The lowest BCUT2D eigenvalue weighted by molar-refractivity contribution is -0.131. The Labute approximate surface area is 191 Å². The first-order valence-electron chi connectivity index (χ1n) is 9.38. The molecular formula is C17H29N3O11P2. The van der Waals surface area contributed by atoms with E-state index >= 15 is 0 Å². The van der Waals surface area contributed by atoms with Crippen LogP contribution in [0.1, 0.15) is 0 Å². The second-order valence-electron chi connectivity index (χ2n) is 6.24. The van der Waals surface area contributed by atoms with Gasteiger partial charge in [0.25, 0.3) is 0 Å². The molecule has 4 N–H and O–H groups in total. The maximum Gasteiger partial charge on any atom is 0.469 e. The quantitative estimate of drug-likeness (QED) is 0.141. The molecule has 0 radical (unpaired) electrons. The van der Waals surface area contributed by atoms with E-state index in [1.165, 1.54) is 4.90 Å². The Bertz CT molecular complexity index is 752. The molecule has 3 amide bonds. The van der Waals surface area contributed by atoms with Gasteiger partial charge in [-0.2, -0.15) is 0 Å². The maximum atomic E-state index is 12.2. The smallest absolute Gasteiger partial charge is 0.336 e. The van der Waals surface area contributed by atoms with Gasteiger partial charge in [-0.3, -0.25) is 23.4 Å². The molecule has 0 aromatic heterocycles. The zero-order valence-electron chi connectivity index (χ0n) is 17.9. The summed E-state index contributed by atoms with van der Waals surface area (Å²) in [5, 5.41) is 0. The fourth-order valence-electron chi connectivity index (χ4n) is 2.41. The summed E-state index contributed by atoms with van der Waals surface area (Å²) in [7, 11) is -9.44. The van der Waals surface area contributed by atoms with Gasteiger partial charge in [0.15, 0.2) is 0 Å². The number of nitrogens with zero attached hydrogens (tertiary/aromatic N) is 3. The molecule has 0 fully saturated rings. The maximum absolute atomic E-state index is 12.2.